The molecule has 0 aliphatic carbocycles. The van der Waals surface area contributed by atoms with Crippen molar-refractivity contribution in [2.45, 2.75) is 31.5 Å². The summed E-state index contributed by atoms with van der Waals surface area (Å²) < 4.78 is 16.4. The van der Waals surface area contributed by atoms with Crippen molar-refractivity contribution in [1.82, 2.24) is 15.5 Å². The van der Waals surface area contributed by atoms with E-state index in [9.17, 15) is 9.90 Å². The predicted molar refractivity (Wildman–Crippen MR) is 120 cm³/mol. The summed E-state index contributed by atoms with van der Waals surface area (Å²) in [7, 11) is 1.62. The Labute approximate surface area is 188 Å². The molecule has 0 saturated carbocycles. The van der Waals surface area contributed by atoms with Crippen molar-refractivity contribution in [3.8, 4) is 17.2 Å². The molecule has 4 rings (SSSR count). The van der Waals surface area contributed by atoms with E-state index in [4.69, 9.17) is 14.2 Å². The summed E-state index contributed by atoms with van der Waals surface area (Å²) >= 11 is 0. The number of fused-ring (bicyclic) bond motifs is 1. The number of urea groups is 1. The zero-order chi connectivity index (χ0) is 22.3. The Bertz CT molecular complexity index is 899. The van der Waals surface area contributed by atoms with E-state index in [1.54, 1.807) is 13.2 Å². The molecule has 32 heavy (non-hydrogen) atoms. The molecule has 8 heteroatoms. The zero-order valence-corrected chi connectivity index (χ0v) is 18.4. The van der Waals surface area contributed by atoms with Gasteiger partial charge >= 0.3 is 6.03 Å². The summed E-state index contributed by atoms with van der Waals surface area (Å²) in [5, 5.41) is 17.0. The fraction of sp³-hybridized carbons (Fsp3) is 0.458. The molecule has 2 aliphatic heterocycles. The highest BCUT2D eigenvalue weighted by atomic mass is 16.6. The molecule has 0 radical (unpaired) electrons. The summed E-state index contributed by atoms with van der Waals surface area (Å²) in [6.07, 6.45) is 1.39. The number of nitrogens with one attached hydrogen (secondary N) is 2. The molecule has 2 amide bonds. The van der Waals surface area contributed by atoms with E-state index in [0.29, 0.717) is 43.4 Å². The van der Waals surface area contributed by atoms with Crippen LogP contribution in [0.3, 0.4) is 0 Å². The van der Waals surface area contributed by atoms with Crippen molar-refractivity contribution in [2.24, 2.45) is 0 Å². The van der Waals surface area contributed by atoms with Gasteiger partial charge in [0.1, 0.15) is 25.1 Å². The average Bonchev–Trinajstić information content (AvgIpc) is 3.35. The Balaban J connectivity index is 1.41. The second-order valence-electron chi connectivity index (χ2n) is 8.14. The van der Waals surface area contributed by atoms with Crippen molar-refractivity contribution in [2.75, 3.05) is 40.0 Å². The van der Waals surface area contributed by atoms with Gasteiger partial charge in [0.25, 0.3) is 0 Å². The standard InChI is InChI=1S/C24H31N3O5/c1-30-19-7-4-17(5-8-19)15-25-24(29)26-20(16-27-10-2-3-11-27)23(28)18-6-9-21-22(14-18)32-13-12-31-21/h4-9,14,20,23,28H,2-3,10-13,15-16H2,1H3,(H2,25,26,29)/t20-,23-/m1/s1. The van der Waals surface area contributed by atoms with Crippen molar-refractivity contribution in [3.63, 3.8) is 0 Å². The van der Waals surface area contributed by atoms with Crippen LogP contribution in [0.5, 0.6) is 17.2 Å². The first-order valence-electron chi connectivity index (χ1n) is 11.1. The Kier molecular flexibility index (Phi) is 7.34. The van der Waals surface area contributed by atoms with Gasteiger partial charge in [-0.15, -0.1) is 0 Å². The van der Waals surface area contributed by atoms with Gasteiger partial charge < -0.3 is 34.9 Å². The number of aliphatic hydroxyl groups is 1. The van der Waals surface area contributed by atoms with E-state index in [1.165, 1.54) is 0 Å². The number of nitrogens with zero attached hydrogens (tertiary/aromatic N) is 1. The minimum Gasteiger partial charge on any atom is -0.497 e. The average molecular weight is 442 g/mol. The monoisotopic (exact) mass is 441 g/mol. The molecule has 2 heterocycles. The van der Waals surface area contributed by atoms with Crippen LogP contribution in [0.15, 0.2) is 42.5 Å². The number of rotatable bonds is 8. The molecule has 0 unspecified atom stereocenters. The highest BCUT2D eigenvalue weighted by Gasteiger charge is 2.27. The number of carbonyl (C=O) groups excluding carboxylic acids is 1. The third kappa shape index (κ3) is 5.63. The Hall–Kier alpha value is -2.97. The number of methoxy groups -OCH3 is 1. The summed E-state index contributed by atoms with van der Waals surface area (Å²) in [4.78, 5) is 14.9. The number of ether oxygens (including phenoxy) is 3. The first-order chi connectivity index (χ1) is 15.6. The topological polar surface area (TPSA) is 92.3 Å². The van der Waals surface area contributed by atoms with Crippen LogP contribution in [-0.2, 0) is 6.54 Å². The van der Waals surface area contributed by atoms with E-state index in [0.717, 1.165) is 37.2 Å². The molecule has 2 aromatic carbocycles. The number of hydrogen-bond donors (Lipinski definition) is 3. The molecule has 0 spiro atoms. The maximum Gasteiger partial charge on any atom is 0.315 e. The highest BCUT2D eigenvalue weighted by molar-refractivity contribution is 5.74. The number of aliphatic hydroxyl groups excluding tert-OH is 1. The number of likely N-dealkylation sites (tertiary alicyclic amines) is 1. The number of benzene rings is 2. The minimum atomic E-state index is -0.877. The summed E-state index contributed by atoms with van der Waals surface area (Å²) in [6.45, 7) is 3.90. The van der Waals surface area contributed by atoms with Gasteiger partial charge in [0.05, 0.1) is 13.2 Å². The first kappa shape index (κ1) is 22.2. The van der Waals surface area contributed by atoms with Crippen molar-refractivity contribution >= 4 is 6.03 Å². The van der Waals surface area contributed by atoms with Crippen LogP contribution in [-0.4, -0.2) is 62.0 Å². The fourth-order valence-corrected chi connectivity index (χ4v) is 4.09. The third-order valence-electron chi connectivity index (χ3n) is 5.87. The Morgan fingerprint density at radius 3 is 2.53 bits per heavy atom. The number of hydrogen-bond acceptors (Lipinski definition) is 6. The van der Waals surface area contributed by atoms with Gasteiger partial charge in [0.2, 0.25) is 0 Å². The van der Waals surface area contributed by atoms with Crippen molar-refractivity contribution in [3.05, 3.63) is 53.6 Å². The van der Waals surface area contributed by atoms with Crippen LogP contribution in [0.4, 0.5) is 4.79 Å². The number of carbonyl (C=O) groups is 1. The van der Waals surface area contributed by atoms with E-state index < -0.39 is 12.1 Å². The van der Waals surface area contributed by atoms with Crippen LogP contribution in [0.1, 0.15) is 30.1 Å². The molecular formula is C24H31N3O5. The van der Waals surface area contributed by atoms with Gasteiger partial charge in [-0.05, 0) is 61.3 Å². The smallest absolute Gasteiger partial charge is 0.315 e. The lowest BCUT2D eigenvalue weighted by Gasteiger charge is -2.29. The predicted octanol–water partition coefficient (Wildman–Crippen LogP) is 2.46. The van der Waals surface area contributed by atoms with Gasteiger partial charge in [-0.1, -0.05) is 18.2 Å². The molecule has 0 bridgehead atoms. The van der Waals surface area contributed by atoms with Crippen LogP contribution >= 0.6 is 0 Å². The quantitative estimate of drug-likeness (QED) is 0.583. The SMILES string of the molecule is COc1ccc(CNC(=O)N[C@H](CN2CCCC2)[C@H](O)c2ccc3c(c2)OCCO3)cc1. The van der Waals surface area contributed by atoms with E-state index in [2.05, 4.69) is 15.5 Å². The largest absolute Gasteiger partial charge is 0.497 e. The molecule has 2 aliphatic rings. The second-order valence-corrected chi connectivity index (χ2v) is 8.14. The maximum absolute atomic E-state index is 12.7. The lowest BCUT2D eigenvalue weighted by molar-refractivity contribution is 0.108. The molecule has 0 aromatic heterocycles. The van der Waals surface area contributed by atoms with Crippen LogP contribution in [0, 0.1) is 0 Å². The first-order valence-corrected chi connectivity index (χ1v) is 11.1. The fourth-order valence-electron chi connectivity index (χ4n) is 4.09. The molecule has 1 saturated heterocycles. The zero-order valence-electron chi connectivity index (χ0n) is 18.4. The van der Waals surface area contributed by atoms with Gasteiger partial charge in [-0.2, -0.15) is 0 Å². The minimum absolute atomic E-state index is 0.318. The molecule has 3 N–H and O–H groups in total. The molecule has 1 fully saturated rings. The van der Waals surface area contributed by atoms with Crippen molar-refractivity contribution < 1.29 is 24.1 Å². The van der Waals surface area contributed by atoms with Gasteiger partial charge in [-0.25, -0.2) is 4.79 Å². The van der Waals surface area contributed by atoms with Crippen LogP contribution in [0.25, 0.3) is 0 Å². The molecular weight excluding hydrogens is 410 g/mol. The molecule has 8 nitrogen and oxygen atoms in total. The summed E-state index contributed by atoms with van der Waals surface area (Å²) in [5.74, 6) is 2.07. The Morgan fingerprint density at radius 1 is 1.09 bits per heavy atom. The summed E-state index contributed by atoms with van der Waals surface area (Å²) in [5.41, 5.74) is 1.65. The van der Waals surface area contributed by atoms with Gasteiger partial charge in [0.15, 0.2) is 11.5 Å². The van der Waals surface area contributed by atoms with E-state index in [-0.39, 0.29) is 6.03 Å². The summed E-state index contributed by atoms with van der Waals surface area (Å²) in [6, 6.07) is 12.2. The third-order valence-corrected chi connectivity index (χ3v) is 5.87. The van der Waals surface area contributed by atoms with Gasteiger partial charge in [-0.3, -0.25) is 0 Å². The molecule has 2 atom stereocenters. The van der Waals surface area contributed by atoms with Crippen LogP contribution in [0.2, 0.25) is 0 Å². The molecule has 2 aromatic rings. The second kappa shape index (κ2) is 10.6. The lowest BCUT2D eigenvalue weighted by atomic mass is 10.0. The number of amides is 2. The maximum atomic E-state index is 12.7. The van der Waals surface area contributed by atoms with Crippen molar-refractivity contribution in [1.29, 1.82) is 0 Å². The molecule has 172 valence electrons. The highest BCUT2D eigenvalue weighted by Crippen LogP contribution is 2.33. The Morgan fingerprint density at radius 2 is 1.81 bits per heavy atom. The normalized spacial score (nSPS) is 17.4. The van der Waals surface area contributed by atoms with Gasteiger partial charge in [0, 0.05) is 13.1 Å². The van der Waals surface area contributed by atoms with E-state index in [1.807, 2.05) is 36.4 Å². The van der Waals surface area contributed by atoms with Crippen LogP contribution < -0.4 is 24.8 Å². The van der Waals surface area contributed by atoms with E-state index >= 15 is 0 Å². The lowest BCUT2D eigenvalue weighted by Crippen LogP contribution is -2.49.